The van der Waals surface area contributed by atoms with Gasteiger partial charge in [-0.1, -0.05) is 33.6 Å². The monoisotopic (exact) mass is 410 g/mol. The van der Waals surface area contributed by atoms with Crippen molar-refractivity contribution in [3.8, 4) is 5.75 Å². The van der Waals surface area contributed by atoms with E-state index in [2.05, 4.69) is 26.6 Å². The number of nitrogens with one attached hydrogen (secondary N) is 2. The van der Waals surface area contributed by atoms with Crippen LogP contribution in [0.2, 0.25) is 5.02 Å². The summed E-state index contributed by atoms with van der Waals surface area (Å²) in [6, 6.07) is 11.2. The standard InChI is InChI=1S/C17H16BrClN2O3/c18-12-5-6-15(19)14(10-12)17(24)21-8-2-7-20-16(23)11-3-1-4-13(22)9-11/h1,3-6,9-10,22H,2,7-8H2,(H,20,23)(H,21,24). The van der Waals surface area contributed by atoms with Gasteiger partial charge in [0.05, 0.1) is 10.6 Å². The third-order valence-corrected chi connectivity index (χ3v) is 4.03. The van der Waals surface area contributed by atoms with Crippen molar-refractivity contribution >= 4 is 39.3 Å². The van der Waals surface area contributed by atoms with Crippen molar-refractivity contribution in [2.24, 2.45) is 0 Å². The van der Waals surface area contributed by atoms with Crippen LogP contribution in [0.1, 0.15) is 27.1 Å². The number of phenolic OH excluding ortho intramolecular Hbond substituents is 1. The fourth-order valence-electron chi connectivity index (χ4n) is 2.01. The Kier molecular flexibility index (Phi) is 6.63. The Morgan fingerprint density at radius 2 is 1.75 bits per heavy atom. The Labute approximate surface area is 153 Å². The molecule has 0 aliphatic heterocycles. The Balaban J connectivity index is 1.74. The van der Waals surface area contributed by atoms with E-state index >= 15 is 0 Å². The first-order chi connectivity index (χ1) is 11.5. The smallest absolute Gasteiger partial charge is 0.252 e. The van der Waals surface area contributed by atoms with Gasteiger partial charge in [0.2, 0.25) is 0 Å². The van der Waals surface area contributed by atoms with Crippen LogP contribution in [0.3, 0.4) is 0 Å². The quantitative estimate of drug-likeness (QED) is 0.638. The average molecular weight is 412 g/mol. The largest absolute Gasteiger partial charge is 0.508 e. The van der Waals surface area contributed by atoms with E-state index < -0.39 is 0 Å². The molecule has 5 nitrogen and oxygen atoms in total. The van der Waals surface area contributed by atoms with Gasteiger partial charge in [-0.05, 0) is 42.8 Å². The molecule has 0 saturated carbocycles. The zero-order chi connectivity index (χ0) is 17.5. The third kappa shape index (κ3) is 5.25. The van der Waals surface area contributed by atoms with Gasteiger partial charge in [0.1, 0.15) is 5.75 Å². The zero-order valence-electron chi connectivity index (χ0n) is 12.7. The van der Waals surface area contributed by atoms with Crippen molar-refractivity contribution in [2.75, 3.05) is 13.1 Å². The van der Waals surface area contributed by atoms with Gasteiger partial charge in [-0.3, -0.25) is 9.59 Å². The molecule has 2 amide bonds. The lowest BCUT2D eigenvalue weighted by Crippen LogP contribution is -2.30. The lowest BCUT2D eigenvalue weighted by atomic mass is 10.2. The van der Waals surface area contributed by atoms with E-state index in [0.717, 1.165) is 4.47 Å². The summed E-state index contributed by atoms with van der Waals surface area (Å²) in [6.07, 6.45) is 0.571. The molecule has 7 heteroatoms. The molecule has 2 aromatic rings. The fourth-order valence-corrected chi connectivity index (χ4v) is 2.57. The van der Waals surface area contributed by atoms with E-state index in [1.165, 1.54) is 12.1 Å². The molecule has 0 unspecified atom stereocenters. The molecule has 0 spiro atoms. The lowest BCUT2D eigenvalue weighted by molar-refractivity contribution is 0.0951. The van der Waals surface area contributed by atoms with Crippen molar-refractivity contribution in [2.45, 2.75) is 6.42 Å². The number of carbonyl (C=O) groups is 2. The van der Waals surface area contributed by atoms with E-state index in [4.69, 9.17) is 11.6 Å². The van der Waals surface area contributed by atoms with Crippen LogP contribution in [-0.4, -0.2) is 30.0 Å². The summed E-state index contributed by atoms with van der Waals surface area (Å²) in [5.74, 6) is -0.492. The summed E-state index contributed by atoms with van der Waals surface area (Å²) in [7, 11) is 0. The van der Waals surface area contributed by atoms with Crippen LogP contribution < -0.4 is 10.6 Å². The summed E-state index contributed by atoms with van der Waals surface area (Å²) < 4.78 is 0.774. The normalized spacial score (nSPS) is 10.2. The van der Waals surface area contributed by atoms with Gasteiger partial charge in [0, 0.05) is 23.1 Å². The van der Waals surface area contributed by atoms with Crippen LogP contribution in [0, 0.1) is 0 Å². The fraction of sp³-hybridized carbons (Fsp3) is 0.176. The summed E-state index contributed by atoms with van der Waals surface area (Å²) in [5.41, 5.74) is 0.787. The second-order valence-corrected chi connectivity index (χ2v) is 6.36. The highest BCUT2D eigenvalue weighted by Crippen LogP contribution is 2.20. The van der Waals surface area contributed by atoms with Crippen molar-refractivity contribution < 1.29 is 14.7 Å². The Hall–Kier alpha value is -2.05. The first-order valence-corrected chi connectivity index (χ1v) is 8.45. The van der Waals surface area contributed by atoms with Crippen LogP contribution in [0.4, 0.5) is 0 Å². The van der Waals surface area contributed by atoms with Gasteiger partial charge in [0.25, 0.3) is 11.8 Å². The molecule has 0 atom stereocenters. The molecule has 0 aliphatic carbocycles. The van der Waals surface area contributed by atoms with Crippen molar-refractivity contribution in [1.82, 2.24) is 10.6 Å². The molecule has 0 fully saturated rings. The van der Waals surface area contributed by atoms with Crippen molar-refractivity contribution in [3.05, 3.63) is 63.1 Å². The number of amides is 2. The first kappa shape index (κ1) is 18.3. The molecule has 2 aromatic carbocycles. The van der Waals surface area contributed by atoms with Crippen molar-refractivity contribution in [1.29, 1.82) is 0 Å². The number of hydrogen-bond acceptors (Lipinski definition) is 3. The maximum atomic E-state index is 12.0. The predicted octanol–water partition coefficient (Wildman–Crippen LogP) is 3.36. The summed E-state index contributed by atoms with van der Waals surface area (Å²) in [6.45, 7) is 0.809. The van der Waals surface area contributed by atoms with Gasteiger partial charge in [-0.25, -0.2) is 0 Å². The summed E-state index contributed by atoms with van der Waals surface area (Å²) in [5, 5.41) is 15.2. The van der Waals surface area contributed by atoms with Crippen LogP contribution >= 0.6 is 27.5 Å². The van der Waals surface area contributed by atoms with E-state index in [1.807, 2.05) is 0 Å². The Morgan fingerprint density at radius 3 is 2.46 bits per heavy atom. The van der Waals surface area contributed by atoms with Crippen LogP contribution in [-0.2, 0) is 0 Å². The lowest BCUT2D eigenvalue weighted by Gasteiger charge is -2.08. The first-order valence-electron chi connectivity index (χ1n) is 7.28. The molecular weight excluding hydrogens is 396 g/mol. The number of rotatable bonds is 6. The number of benzene rings is 2. The maximum absolute atomic E-state index is 12.0. The minimum atomic E-state index is -0.271. The van der Waals surface area contributed by atoms with Gasteiger partial charge in [0.15, 0.2) is 0 Å². The van der Waals surface area contributed by atoms with E-state index in [1.54, 1.807) is 30.3 Å². The van der Waals surface area contributed by atoms with Crippen LogP contribution in [0.5, 0.6) is 5.75 Å². The van der Waals surface area contributed by atoms with Gasteiger partial charge in [-0.2, -0.15) is 0 Å². The molecule has 2 rings (SSSR count). The molecule has 0 aliphatic rings. The zero-order valence-corrected chi connectivity index (χ0v) is 15.0. The van der Waals surface area contributed by atoms with Crippen molar-refractivity contribution in [3.63, 3.8) is 0 Å². The third-order valence-electron chi connectivity index (χ3n) is 3.21. The second-order valence-electron chi connectivity index (χ2n) is 5.04. The topological polar surface area (TPSA) is 78.4 Å². The minimum Gasteiger partial charge on any atom is -0.508 e. The molecule has 126 valence electrons. The predicted molar refractivity (Wildman–Crippen MR) is 96.5 cm³/mol. The molecule has 3 N–H and O–H groups in total. The van der Waals surface area contributed by atoms with E-state index in [0.29, 0.717) is 35.7 Å². The summed E-state index contributed by atoms with van der Waals surface area (Å²) >= 11 is 9.29. The van der Waals surface area contributed by atoms with Gasteiger partial charge in [-0.15, -0.1) is 0 Å². The molecule has 0 heterocycles. The Bertz CT molecular complexity index is 752. The summed E-state index contributed by atoms with van der Waals surface area (Å²) in [4.78, 5) is 23.9. The molecule has 0 radical (unpaired) electrons. The van der Waals surface area contributed by atoms with E-state index in [-0.39, 0.29) is 17.6 Å². The van der Waals surface area contributed by atoms with E-state index in [9.17, 15) is 14.7 Å². The second kappa shape index (κ2) is 8.70. The highest BCUT2D eigenvalue weighted by Gasteiger charge is 2.10. The molecule has 0 aromatic heterocycles. The van der Waals surface area contributed by atoms with Gasteiger partial charge < -0.3 is 15.7 Å². The number of hydrogen-bond donors (Lipinski definition) is 3. The molecule has 0 saturated heterocycles. The van der Waals surface area contributed by atoms with Crippen LogP contribution in [0.15, 0.2) is 46.9 Å². The van der Waals surface area contributed by atoms with Crippen LogP contribution in [0.25, 0.3) is 0 Å². The highest BCUT2D eigenvalue weighted by atomic mass is 79.9. The number of carbonyl (C=O) groups excluding carboxylic acids is 2. The number of phenols is 1. The van der Waals surface area contributed by atoms with Gasteiger partial charge >= 0.3 is 0 Å². The molecular formula is C17H16BrClN2O3. The number of halogens is 2. The number of aromatic hydroxyl groups is 1. The molecule has 24 heavy (non-hydrogen) atoms. The highest BCUT2D eigenvalue weighted by molar-refractivity contribution is 9.10. The average Bonchev–Trinajstić information content (AvgIpc) is 2.56. The Morgan fingerprint density at radius 1 is 1.04 bits per heavy atom. The molecule has 0 bridgehead atoms. The minimum absolute atomic E-state index is 0.0424. The maximum Gasteiger partial charge on any atom is 0.252 e. The SMILES string of the molecule is O=C(NCCCNC(=O)c1cc(Br)ccc1Cl)c1cccc(O)c1.